The topological polar surface area (TPSA) is 86.0 Å². The number of hydrogen-bond donors (Lipinski definition) is 2. The molecule has 1 saturated heterocycles. The molecule has 4 heterocycles. The van der Waals surface area contributed by atoms with Gasteiger partial charge in [0.1, 0.15) is 18.2 Å². The molecule has 6 nitrogen and oxygen atoms in total. The van der Waals surface area contributed by atoms with Gasteiger partial charge in [-0.25, -0.2) is 15.0 Å². The van der Waals surface area contributed by atoms with Crippen molar-refractivity contribution in [3.8, 4) is 21.7 Å². The number of nitrogens with two attached hydrogens (primary N) is 1. The maximum atomic E-state index is 6.20. The summed E-state index contributed by atoms with van der Waals surface area (Å²) >= 11 is 5.26. The van der Waals surface area contributed by atoms with E-state index < -0.39 is 0 Å². The number of halogens is 1. The van der Waals surface area contributed by atoms with Gasteiger partial charge in [0.2, 0.25) is 0 Å². The third-order valence-electron chi connectivity index (χ3n) is 4.89. The summed E-state index contributed by atoms with van der Waals surface area (Å²) in [5.41, 5.74) is 9.66. The van der Waals surface area contributed by atoms with Crippen molar-refractivity contribution in [2.75, 3.05) is 25.4 Å². The fourth-order valence-corrected chi connectivity index (χ4v) is 4.93. The van der Waals surface area contributed by atoms with E-state index in [1.54, 1.807) is 11.3 Å². The number of aromatic nitrogens is 3. The number of nitrogens with zero attached hydrogens (tertiary/aromatic N) is 3. The van der Waals surface area contributed by atoms with Crippen molar-refractivity contribution in [3.63, 3.8) is 0 Å². The average molecular weight is 468 g/mol. The summed E-state index contributed by atoms with van der Waals surface area (Å²) in [5, 5.41) is 4.15. The number of nitrogen functional groups attached to an aromatic ring is 1. The molecular weight excluding hydrogens is 450 g/mol. The van der Waals surface area contributed by atoms with Crippen LogP contribution in [0.15, 0.2) is 53.3 Å². The molecule has 1 aliphatic heterocycles. The highest BCUT2D eigenvalue weighted by atomic mass is 79.9. The molecule has 3 N–H and O–H groups in total. The van der Waals surface area contributed by atoms with E-state index in [0.717, 1.165) is 51.3 Å². The summed E-state index contributed by atoms with van der Waals surface area (Å²) in [7, 11) is 0. The van der Waals surface area contributed by atoms with Gasteiger partial charge in [0.25, 0.3) is 0 Å². The Kier molecular flexibility index (Phi) is 5.01. The van der Waals surface area contributed by atoms with Crippen LogP contribution in [0.1, 0.15) is 11.0 Å². The van der Waals surface area contributed by atoms with Crippen LogP contribution in [0, 0.1) is 0 Å². The number of rotatable bonds is 3. The second-order valence-electron chi connectivity index (χ2n) is 6.79. The van der Waals surface area contributed by atoms with Crippen molar-refractivity contribution < 1.29 is 4.74 Å². The van der Waals surface area contributed by atoms with Crippen molar-refractivity contribution >= 4 is 44.1 Å². The number of pyridine rings is 1. The molecule has 8 heteroatoms. The first-order valence-electron chi connectivity index (χ1n) is 9.28. The lowest BCUT2D eigenvalue weighted by Crippen LogP contribution is -2.32. The second-order valence-corrected chi connectivity index (χ2v) is 8.82. The highest BCUT2D eigenvalue weighted by Crippen LogP contribution is 2.38. The molecule has 0 bridgehead atoms. The zero-order valence-electron chi connectivity index (χ0n) is 15.4. The molecule has 0 amide bonds. The minimum atomic E-state index is 0.0884. The molecule has 3 aromatic heterocycles. The van der Waals surface area contributed by atoms with Crippen LogP contribution in [0.5, 0.6) is 0 Å². The third-order valence-corrected chi connectivity index (χ3v) is 6.59. The summed E-state index contributed by atoms with van der Waals surface area (Å²) < 4.78 is 6.89. The van der Waals surface area contributed by atoms with Crippen LogP contribution in [0.3, 0.4) is 0 Å². The van der Waals surface area contributed by atoms with Gasteiger partial charge in [-0.15, -0.1) is 11.3 Å². The summed E-state index contributed by atoms with van der Waals surface area (Å²) in [6.45, 7) is 2.46. The lowest BCUT2D eigenvalue weighted by molar-refractivity contribution is 0.0299. The molecule has 1 atom stereocenters. The van der Waals surface area contributed by atoms with Crippen molar-refractivity contribution in [2.45, 2.75) is 6.10 Å². The first-order valence-corrected chi connectivity index (χ1v) is 10.9. The standard InChI is InChI=1S/C21H18BrN5OS/c22-13-3-1-2-12(8-13)14-9-15(27-21-19(14)20(23)25-11-26-21)17-4-5-18(29-17)16-10-24-6-7-28-16/h1-5,8-9,11,16,24H,6-7,10H2,(H2,23,25,26,27). The number of hydrogen-bond acceptors (Lipinski definition) is 7. The zero-order chi connectivity index (χ0) is 19.8. The molecule has 1 fully saturated rings. The van der Waals surface area contributed by atoms with Crippen molar-refractivity contribution in [2.24, 2.45) is 0 Å². The van der Waals surface area contributed by atoms with Gasteiger partial charge in [-0.3, -0.25) is 0 Å². The molecule has 0 aliphatic carbocycles. The zero-order valence-corrected chi connectivity index (χ0v) is 17.8. The molecule has 1 aliphatic rings. The Morgan fingerprint density at radius 2 is 2.10 bits per heavy atom. The van der Waals surface area contributed by atoms with Gasteiger partial charge in [0.15, 0.2) is 5.65 Å². The highest BCUT2D eigenvalue weighted by Gasteiger charge is 2.19. The number of anilines is 1. The van der Waals surface area contributed by atoms with Crippen LogP contribution in [0.25, 0.3) is 32.7 Å². The number of benzene rings is 1. The van der Waals surface area contributed by atoms with Crippen LogP contribution < -0.4 is 11.1 Å². The van der Waals surface area contributed by atoms with Crippen LogP contribution in [-0.4, -0.2) is 34.6 Å². The monoisotopic (exact) mass is 467 g/mol. The number of nitrogens with one attached hydrogen (secondary N) is 1. The Labute approximate surface area is 180 Å². The molecule has 5 rings (SSSR count). The predicted molar refractivity (Wildman–Crippen MR) is 120 cm³/mol. The molecule has 0 spiro atoms. The van der Waals surface area contributed by atoms with Crippen molar-refractivity contribution in [1.82, 2.24) is 20.3 Å². The summed E-state index contributed by atoms with van der Waals surface area (Å²) in [5.74, 6) is 0.428. The molecule has 29 heavy (non-hydrogen) atoms. The van der Waals surface area contributed by atoms with Crippen LogP contribution in [0.2, 0.25) is 0 Å². The second kappa shape index (κ2) is 7.79. The SMILES string of the molecule is Nc1ncnc2nc(-c3ccc(C4CNCCO4)s3)cc(-c3cccc(Br)c3)c12. The number of fused-ring (bicyclic) bond motifs is 1. The first kappa shape index (κ1) is 18.6. The van der Waals surface area contributed by atoms with Crippen molar-refractivity contribution in [1.29, 1.82) is 0 Å². The van der Waals surface area contributed by atoms with Crippen LogP contribution in [-0.2, 0) is 4.74 Å². The van der Waals surface area contributed by atoms with Crippen LogP contribution >= 0.6 is 27.3 Å². The maximum Gasteiger partial charge on any atom is 0.165 e. The van der Waals surface area contributed by atoms with Gasteiger partial charge in [0.05, 0.1) is 22.6 Å². The Morgan fingerprint density at radius 3 is 2.93 bits per heavy atom. The van der Waals surface area contributed by atoms with E-state index in [0.29, 0.717) is 11.5 Å². The minimum absolute atomic E-state index is 0.0884. The Bertz CT molecular complexity index is 1190. The lowest BCUT2D eigenvalue weighted by atomic mass is 10.0. The maximum absolute atomic E-state index is 6.20. The van der Waals surface area contributed by atoms with E-state index in [-0.39, 0.29) is 6.10 Å². The number of ether oxygens (including phenoxy) is 1. The quantitative estimate of drug-likeness (QED) is 0.463. The molecule has 4 aromatic rings. The molecule has 1 aromatic carbocycles. The Hall–Kier alpha value is -2.39. The van der Waals surface area contributed by atoms with Crippen molar-refractivity contribution in [3.05, 3.63) is 58.1 Å². The molecular formula is C21H18BrN5OS. The van der Waals surface area contributed by atoms with E-state index in [1.807, 2.05) is 12.1 Å². The van der Waals surface area contributed by atoms with E-state index >= 15 is 0 Å². The normalized spacial score (nSPS) is 16.9. The third kappa shape index (κ3) is 3.64. The minimum Gasteiger partial charge on any atom is -0.383 e. The van der Waals surface area contributed by atoms with Gasteiger partial charge in [-0.2, -0.15) is 0 Å². The van der Waals surface area contributed by atoms with Gasteiger partial charge in [-0.05, 0) is 41.5 Å². The molecule has 1 unspecified atom stereocenters. The summed E-state index contributed by atoms with van der Waals surface area (Å²) in [4.78, 5) is 15.6. The smallest absolute Gasteiger partial charge is 0.165 e. The molecule has 146 valence electrons. The average Bonchev–Trinajstić information content (AvgIpc) is 3.24. The van der Waals surface area contributed by atoms with E-state index in [9.17, 15) is 0 Å². The Balaban J connectivity index is 1.65. The molecule has 0 saturated carbocycles. The number of morpholine rings is 1. The fourth-order valence-electron chi connectivity index (χ4n) is 3.51. The van der Waals surface area contributed by atoms with Gasteiger partial charge >= 0.3 is 0 Å². The lowest BCUT2D eigenvalue weighted by Gasteiger charge is -2.22. The summed E-state index contributed by atoms with van der Waals surface area (Å²) in [6.07, 6.45) is 1.55. The van der Waals surface area contributed by atoms with E-state index in [2.05, 4.69) is 61.5 Å². The first-order chi connectivity index (χ1) is 14.2. The van der Waals surface area contributed by atoms with E-state index in [1.165, 1.54) is 11.2 Å². The van der Waals surface area contributed by atoms with Crippen LogP contribution in [0.4, 0.5) is 5.82 Å². The Morgan fingerprint density at radius 1 is 1.17 bits per heavy atom. The predicted octanol–water partition coefficient (Wildman–Crippen LogP) is 4.43. The van der Waals surface area contributed by atoms with E-state index in [4.69, 9.17) is 15.5 Å². The summed E-state index contributed by atoms with van der Waals surface area (Å²) in [6, 6.07) is 14.4. The fraction of sp³-hybridized carbons (Fsp3) is 0.190. The number of thiophene rings is 1. The largest absolute Gasteiger partial charge is 0.383 e. The molecule has 0 radical (unpaired) electrons. The van der Waals surface area contributed by atoms with Gasteiger partial charge < -0.3 is 15.8 Å². The van der Waals surface area contributed by atoms with Gasteiger partial charge in [-0.1, -0.05) is 28.1 Å². The highest BCUT2D eigenvalue weighted by molar-refractivity contribution is 9.10. The van der Waals surface area contributed by atoms with Gasteiger partial charge in [0, 0.05) is 22.4 Å².